The molecular formula is C20H27N3O4S. The molecule has 3 rings (SSSR count). The molecule has 0 radical (unpaired) electrons. The summed E-state index contributed by atoms with van der Waals surface area (Å²) >= 11 is 0. The van der Waals surface area contributed by atoms with E-state index in [0.29, 0.717) is 19.3 Å². The van der Waals surface area contributed by atoms with E-state index >= 15 is 0 Å². The van der Waals surface area contributed by atoms with Gasteiger partial charge in [0.2, 0.25) is 21.8 Å². The maximum atomic E-state index is 12.7. The summed E-state index contributed by atoms with van der Waals surface area (Å²) in [5.74, 6) is -0.841. The van der Waals surface area contributed by atoms with Crippen LogP contribution in [0.4, 0.5) is 0 Å². The first-order valence-corrected chi connectivity index (χ1v) is 11.1. The zero-order valence-corrected chi connectivity index (χ0v) is 16.9. The van der Waals surface area contributed by atoms with Crippen LogP contribution in [0.25, 0.3) is 0 Å². The third-order valence-electron chi connectivity index (χ3n) is 5.43. The van der Waals surface area contributed by atoms with E-state index in [1.165, 1.54) is 4.31 Å². The van der Waals surface area contributed by atoms with E-state index in [0.717, 1.165) is 18.4 Å². The van der Waals surface area contributed by atoms with Crippen LogP contribution in [0.1, 0.15) is 37.7 Å². The largest absolute Gasteiger partial charge is 0.273 e. The lowest BCUT2D eigenvalue weighted by Crippen LogP contribution is -2.49. The highest BCUT2D eigenvalue weighted by Gasteiger charge is 2.32. The second kappa shape index (κ2) is 8.87. The summed E-state index contributed by atoms with van der Waals surface area (Å²) in [6.45, 7) is 2.48. The molecule has 152 valence electrons. The Hall–Kier alpha value is -2.19. The third kappa shape index (κ3) is 4.80. The number of hydrazine groups is 1. The van der Waals surface area contributed by atoms with Gasteiger partial charge in [0.15, 0.2) is 0 Å². The summed E-state index contributed by atoms with van der Waals surface area (Å²) in [6.07, 6.45) is 7.25. The second-order valence-electron chi connectivity index (χ2n) is 7.45. The van der Waals surface area contributed by atoms with E-state index in [2.05, 4.69) is 16.9 Å². The van der Waals surface area contributed by atoms with Gasteiger partial charge in [-0.3, -0.25) is 20.4 Å². The van der Waals surface area contributed by atoms with Gasteiger partial charge < -0.3 is 0 Å². The summed E-state index contributed by atoms with van der Waals surface area (Å²) in [5, 5.41) is 0. The van der Waals surface area contributed by atoms with Crippen LogP contribution in [0.3, 0.4) is 0 Å². The SMILES string of the molecule is Cc1ccc(S(=O)(=O)N2CCC(C(=O)NNC(=O)[C@H]3CC=CCC3)CC2)cc1. The van der Waals surface area contributed by atoms with E-state index in [1.54, 1.807) is 24.3 Å². The molecule has 1 aromatic rings. The molecule has 1 aliphatic carbocycles. The average Bonchev–Trinajstić information content (AvgIpc) is 2.73. The molecule has 1 aromatic carbocycles. The number of hydrogen-bond donors (Lipinski definition) is 2. The number of benzene rings is 1. The van der Waals surface area contributed by atoms with Crippen LogP contribution in [0.5, 0.6) is 0 Å². The molecule has 2 amide bonds. The number of carbonyl (C=O) groups is 2. The maximum Gasteiger partial charge on any atom is 0.243 e. The fraction of sp³-hybridized carbons (Fsp3) is 0.500. The topological polar surface area (TPSA) is 95.6 Å². The van der Waals surface area contributed by atoms with Crippen LogP contribution < -0.4 is 10.9 Å². The standard InChI is InChI=1S/C20H27N3O4S/c1-15-7-9-18(10-8-15)28(26,27)23-13-11-17(12-14-23)20(25)22-21-19(24)16-5-3-2-4-6-16/h2-3,7-10,16-17H,4-6,11-14H2,1H3,(H,21,24)(H,22,25)/t16-/m0/s1. The number of amides is 2. The third-order valence-corrected chi connectivity index (χ3v) is 7.35. The normalized spacial score (nSPS) is 21.2. The Morgan fingerprint density at radius 1 is 0.929 bits per heavy atom. The van der Waals surface area contributed by atoms with Gasteiger partial charge in [-0.25, -0.2) is 8.42 Å². The minimum Gasteiger partial charge on any atom is -0.273 e. The molecule has 1 heterocycles. The number of rotatable bonds is 4. The van der Waals surface area contributed by atoms with Crippen LogP contribution in [-0.2, 0) is 19.6 Å². The number of hydrogen-bond acceptors (Lipinski definition) is 4. The molecule has 7 nitrogen and oxygen atoms in total. The molecule has 1 saturated heterocycles. The first kappa shape index (κ1) is 20.5. The van der Waals surface area contributed by atoms with E-state index in [1.807, 2.05) is 13.0 Å². The number of nitrogens with one attached hydrogen (secondary N) is 2. The quantitative estimate of drug-likeness (QED) is 0.591. The van der Waals surface area contributed by atoms with Crippen molar-refractivity contribution in [2.75, 3.05) is 13.1 Å². The van der Waals surface area contributed by atoms with Crippen molar-refractivity contribution in [2.45, 2.75) is 43.9 Å². The Bertz CT molecular complexity index is 841. The predicted molar refractivity (Wildman–Crippen MR) is 105 cm³/mol. The molecule has 1 aliphatic heterocycles. The molecule has 0 aromatic heterocycles. The van der Waals surface area contributed by atoms with Crippen LogP contribution in [-0.4, -0.2) is 37.6 Å². The van der Waals surface area contributed by atoms with Crippen LogP contribution >= 0.6 is 0 Å². The van der Waals surface area contributed by atoms with Crippen LogP contribution in [0, 0.1) is 18.8 Å². The zero-order valence-electron chi connectivity index (χ0n) is 16.1. The lowest BCUT2D eigenvalue weighted by atomic mass is 9.94. The lowest BCUT2D eigenvalue weighted by Gasteiger charge is -2.30. The van der Waals surface area contributed by atoms with Gasteiger partial charge in [-0.1, -0.05) is 29.8 Å². The first-order chi connectivity index (χ1) is 13.4. The molecule has 1 fully saturated rings. The fourth-order valence-electron chi connectivity index (χ4n) is 3.58. The molecule has 0 unspecified atom stereocenters. The Morgan fingerprint density at radius 2 is 1.54 bits per heavy atom. The molecular weight excluding hydrogens is 378 g/mol. The smallest absolute Gasteiger partial charge is 0.243 e. The highest BCUT2D eigenvalue weighted by Crippen LogP contribution is 2.24. The fourth-order valence-corrected chi connectivity index (χ4v) is 5.05. The van der Waals surface area contributed by atoms with Gasteiger partial charge >= 0.3 is 0 Å². The molecule has 2 N–H and O–H groups in total. The van der Waals surface area contributed by atoms with Crippen molar-refractivity contribution < 1.29 is 18.0 Å². The van der Waals surface area contributed by atoms with Crippen molar-refractivity contribution in [3.8, 4) is 0 Å². The van der Waals surface area contributed by atoms with Gasteiger partial charge in [-0.05, 0) is 51.2 Å². The Labute approximate surface area is 166 Å². The van der Waals surface area contributed by atoms with Crippen LogP contribution in [0.2, 0.25) is 0 Å². The summed E-state index contributed by atoms with van der Waals surface area (Å²) in [5.41, 5.74) is 6.03. The summed E-state index contributed by atoms with van der Waals surface area (Å²) in [6, 6.07) is 6.77. The van der Waals surface area contributed by atoms with Gasteiger partial charge in [-0.15, -0.1) is 0 Å². The van der Waals surface area contributed by atoms with Crippen molar-refractivity contribution in [2.24, 2.45) is 11.8 Å². The summed E-state index contributed by atoms with van der Waals surface area (Å²) in [4.78, 5) is 24.7. The highest BCUT2D eigenvalue weighted by molar-refractivity contribution is 7.89. The number of allylic oxidation sites excluding steroid dienone is 2. The second-order valence-corrected chi connectivity index (χ2v) is 9.39. The predicted octanol–water partition coefficient (Wildman–Crippen LogP) is 1.90. The number of aryl methyl sites for hydroxylation is 1. The molecule has 0 bridgehead atoms. The molecule has 8 heteroatoms. The van der Waals surface area contributed by atoms with Crippen molar-refractivity contribution in [1.29, 1.82) is 0 Å². The molecule has 28 heavy (non-hydrogen) atoms. The zero-order chi connectivity index (χ0) is 20.1. The Balaban J connectivity index is 1.49. The summed E-state index contributed by atoms with van der Waals surface area (Å²) < 4.78 is 26.9. The number of piperidine rings is 1. The molecule has 0 spiro atoms. The minimum absolute atomic E-state index is 0.105. The van der Waals surface area contributed by atoms with Gasteiger partial charge in [-0.2, -0.15) is 4.31 Å². The van der Waals surface area contributed by atoms with Gasteiger partial charge in [0, 0.05) is 24.9 Å². The van der Waals surface area contributed by atoms with E-state index in [4.69, 9.17) is 0 Å². The minimum atomic E-state index is -3.54. The van der Waals surface area contributed by atoms with Crippen molar-refractivity contribution in [3.05, 3.63) is 42.0 Å². The van der Waals surface area contributed by atoms with E-state index in [-0.39, 0.29) is 41.6 Å². The van der Waals surface area contributed by atoms with Gasteiger partial charge in [0.25, 0.3) is 0 Å². The number of nitrogens with zero attached hydrogens (tertiary/aromatic N) is 1. The maximum absolute atomic E-state index is 12.7. The van der Waals surface area contributed by atoms with E-state index < -0.39 is 10.0 Å². The molecule has 2 aliphatic rings. The summed E-state index contributed by atoms with van der Waals surface area (Å²) in [7, 11) is -3.54. The molecule has 1 atom stereocenters. The average molecular weight is 406 g/mol. The monoisotopic (exact) mass is 405 g/mol. The lowest BCUT2D eigenvalue weighted by molar-refractivity contribution is -0.133. The van der Waals surface area contributed by atoms with Crippen molar-refractivity contribution in [3.63, 3.8) is 0 Å². The van der Waals surface area contributed by atoms with Gasteiger partial charge in [0.1, 0.15) is 0 Å². The Kier molecular flexibility index (Phi) is 6.51. The van der Waals surface area contributed by atoms with Crippen molar-refractivity contribution >= 4 is 21.8 Å². The van der Waals surface area contributed by atoms with Gasteiger partial charge in [0.05, 0.1) is 4.90 Å². The Morgan fingerprint density at radius 3 is 2.11 bits per heavy atom. The number of sulfonamides is 1. The molecule has 0 saturated carbocycles. The highest BCUT2D eigenvalue weighted by atomic mass is 32.2. The van der Waals surface area contributed by atoms with Crippen molar-refractivity contribution in [1.82, 2.24) is 15.2 Å². The van der Waals surface area contributed by atoms with Crippen LogP contribution in [0.15, 0.2) is 41.3 Å². The first-order valence-electron chi connectivity index (χ1n) is 9.69. The van der Waals surface area contributed by atoms with E-state index in [9.17, 15) is 18.0 Å². The number of carbonyl (C=O) groups excluding carboxylic acids is 2.